The van der Waals surface area contributed by atoms with Crippen molar-refractivity contribution in [3.63, 3.8) is 0 Å². The summed E-state index contributed by atoms with van der Waals surface area (Å²) in [7, 11) is 3.18. The van der Waals surface area contributed by atoms with E-state index in [-0.39, 0.29) is 17.7 Å². The fourth-order valence-corrected chi connectivity index (χ4v) is 3.95. The number of methoxy groups -OCH3 is 2. The molecule has 1 aromatic carbocycles. The summed E-state index contributed by atoms with van der Waals surface area (Å²) < 4.78 is 10.5. The fraction of sp³-hybridized carbons (Fsp3) is 0.545. The van der Waals surface area contributed by atoms with Crippen molar-refractivity contribution in [1.29, 1.82) is 0 Å². The van der Waals surface area contributed by atoms with Gasteiger partial charge in [0.2, 0.25) is 11.8 Å². The number of rotatable bonds is 5. The van der Waals surface area contributed by atoms with E-state index < -0.39 is 0 Å². The van der Waals surface area contributed by atoms with Gasteiger partial charge in [0.15, 0.2) is 11.5 Å². The number of nitrogens with zero attached hydrogens (tertiary/aromatic N) is 2. The average molecular weight is 386 g/mol. The van der Waals surface area contributed by atoms with Gasteiger partial charge in [-0.15, -0.1) is 0 Å². The van der Waals surface area contributed by atoms with Crippen molar-refractivity contribution in [2.24, 2.45) is 5.92 Å². The summed E-state index contributed by atoms with van der Waals surface area (Å²) in [5.74, 6) is 1.63. The van der Waals surface area contributed by atoms with Crippen molar-refractivity contribution < 1.29 is 19.1 Å². The van der Waals surface area contributed by atoms with Crippen LogP contribution in [0.5, 0.6) is 11.5 Å². The van der Waals surface area contributed by atoms with Crippen LogP contribution in [0.3, 0.4) is 0 Å². The molecule has 152 valence electrons. The summed E-state index contributed by atoms with van der Waals surface area (Å²) >= 11 is 0. The molecule has 0 unspecified atom stereocenters. The highest BCUT2D eigenvalue weighted by Crippen LogP contribution is 2.28. The Hall–Kier alpha value is -2.50. The van der Waals surface area contributed by atoms with Gasteiger partial charge in [0.05, 0.1) is 14.2 Å². The van der Waals surface area contributed by atoms with E-state index >= 15 is 0 Å². The number of hydrogen-bond donors (Lipinski definition) is 0. The van der Waals surface area contributed by atoms with Crippen molar-refractivity contribution in [2.75, 3.05) is 40.4 Å². The Morgan fingerprint density at radius 1 is 0.929 bits per heavy atom. The fourth-order valence-electron chi connectivity index (χ4n) is 3.95. The quantitative estimate of drug-likeness (QED) is 0.730. The van der Waals surface area contributed by atoms with E-state index in [0.29, 0.717) is 24.6 Å². The van der Waals surface area contributed by atoms with Gasteiger partial charge in [-0.25, -0.2) is 0 Å². The summed E-state index contributed by atoms with van der Waals surface area (Å²) in [6.45, 7) is 3.07. The Labute approximate surface area is 167 Å². The van der Waals surface area contributed by atoms with Gasteiger partial charge >= 0.3 is 0 Å². The van der Waals surface area contributed by atoms with Crippen LogP contribution in [0.15, 0.2) is 24.3 Å². The van der Waals surface area contributed by atoms with Crippen LogP contribution >= 0.6 is 0 Å². The molecule has 0 bridgehead atoms. The van der Waals surface area contributed by atoms with E-state index in [1.165, 1.54) is 6.42 Å². The zero-order valence-electron chi connectivity index (χ0n) is 16.9. The first-order valence-corrected chi connectivity index (χ1v) is 10.1. The second kappa shape index (κ2) is 9.62. The molecule has 0 saturated carbocycles. The Morgan fingerprint density at radius 2 is 1.61 bits per heavy atom. The molecule has 28 heavy (non-hydrogen) atoms. The molecule has 2 amide bonds. The van der Waals surface area contributed by atoms with Crippen LogP contribution in [-0.4, -0.2) is 62.0 Å². The third kappa shape index (κ3) is 4.86. The third-order valence-corrected chi connectivity index (χ3v) is 5.65. The summed E-state index contributed by atoms with van der Waals surface area (Å²) in [5.41, 5.74) is 0.876. The number of carbonyl (C=O) groups excluding carboxylic acids is 2. The summed E-state index contributed by atoms with van der Waals surface area (Å²) in [6, 6.07) is 5.54. The molecule has 6 heteroatoms. The van der Waals surface area contributed by atoms with Crippen LogP contribution in [-0.2, 0) is 9.59 Å². The molecule has 1 aromatic rings. The number of carbonyl (C=O) groups is 2. The van der Waals surface area contributed by atoms with E-state index in [0.717, 1.165) is 44.3 Å². The molecule has 2 saturated heterocycles. The Balaban J connectivity index is 1.52. The minimum atomic E-state index is -0.0151. The zero-order valence-corrected chi connectivity index (χ0v) is 16.9. The number of ether oxygens (including phenoxy) is 2. The van der Waals surface area contributed by atoms with Crippen molar-refractivity contribution in [3.8, 4) is 11.5 Å². The normalized spacial score (nSPS) is 18.4. The molecule has 2 fully saturated rings. The van der Waals surface area contributed by atoms with Crippen molar-refractivity contribution >= 4 is 17.9 Å². The molecular formula is C22H30N2O4. The molecule has 2 heterocycles. The van der Waals surface area contributed by atoms with Crippen LogP contribution < -0.4 is 9.47 Å². The Kier molecular flexibility index (Phi) is 6.95. The topological polar surface area (TPSA) is 59.1 Å². The highest BCUT2D eigenvalue weighted by atomic mass is 16.5. The Morgan fingerprint density at radius 3 is 2.25 bits per heavy atom. The molecule has 0 spiro atoms. The summed E-state index contributed by atoms with van der Waals surface area (Å²) in [5, 5.41) is 0. The molecule has 0 N–H and O–H groups in total. The predicted molar refractivity (Wildman–Crippen MR) is 108 cm³/mol. The number of likely N-dealkylation sites (tertiary alicyclic amines) is 2. The van der Waals surface area contributed by atoms with Crippen LogP contribution in [0.25, 0.3) is 6.08 Å². The lowest BCUT2D eigenvalue weighted by atomic mass is 9.94. The van der Waals surface area contributed by atoms with Crippen LogP contribution in [0.4, 0.5) is 0 Å². The number of amides is 2. The van der Waals surface area contributed by atoms with Crippen LogP contribution in [0.1, 0.15) is 37.7 Å². The molecule has 0 atom stereocenters. The third-order valence-electron chi connectivity index (χ3n) is 5.65. The van der Waals surface area contributed by atoms with E-state index in [4.69, 9.17) is 9.47 Å². The summed E-state index contributed by atoms with van der Waals surface area (Å²) in [4.78, 5) is 29.0. The lowest BCUT2D eigenvalue weighted by molar-refractivity contribution is -0.140. The molecule has 6 nitrogen and oxygen atoms in total. The van der Waals surface area contributed by atoms with E-state index in [9.17, 15) is 9.59 Å². The number of benzene rings is 1. The van der Waals surface area contributed by atoms with Gasteiger partial charge < -0.3 is 19.3 Å². The summed E-state index contributed by atoms with van der Waals surface area (Å²) in [6.07, 6.45) is 8.34. The zero-order chi connectivity index (χ0) is 19.9. The number of hydrogen-bond acceptors (Lipinski definition) is 4. The average Bonchev–Trinajstić information content (AvgIpc) is 2.77. The molecule has 3 rings (SSSR count). The lowest BCUT2D eigenvalue weighted by Crippen LogP contribution is -2.45. The van der Waals surface area contributed by atoms with E-state index in [1.54, 1.807) is 26.4 Å². The SMILES string of the molecule is COc1ccc(/C=C/C(=O)N2CCC(C(=O)N3CCCCC3)CC2)cc1OC. The predicted octanol–water partition coefficient (Wildman–Crippen LogP) is 2.97. The molecule has 2 aliphatic heterocycles. The smallest absolute Gasteiger partial charge is 0.246 e. The first-order chi connectivity index (χ1) is 13.6. The molecule has 0 radical (unpaired) electrons. The number of piperidine rings is 2. The van der Waals surface area contributed by atoms with Gasteiger partial charge in [-0.1, -0.05) is 6.07 Å². The van der Waals surface area contributed by atoms with Gasteiger partial charge in [-0.05, 0) is 55.9 Å². The second-order valence-corrected chi connectivity index (χ2v) is 7.43. The molecule has 0 aromatic heterocycles. The van der Waals surface area contributed by atoms with Gasteiger partial charge in [0, 0.05) is 38.2 Å². The highest BCUT2D eigenvalue weighted by Gasteiger charge is 2.30. The van der Waals surface area contributed by atoms with E-state index in [1.807, 2.05) is 28.0 Å². The minimum absolute atomic E-state index is 0.0151. The maximum Gasteiger partial charge on any atom is 0.246 e. The molecular weight excluding hydrogens is 356 g/mol. The van der Waals surface area contributed by atoms with E-state index in [2.05, 4.69) is 0 Å². The van der Waals surface area contributed by atoms with Crippen molar-refractivity contribution in [1.82, 2.24) is 9.80 Å². The first kappa shape index (κ1) is 20.2. The minimum Gasteiger partial charge on any atom is -0.493 e. The van der Waals surface area contributed by atoms with Crippen molar-refractivity contribution in [2.45, 2.75) is 32.1 Å². The maximum absolute atomic E-state index is 12.6. The second-order valence-electron chi connectivity index (χ2n) is 7.43. The largest absolute Gasteiger partial charge is 0.493 e. The van der Waals surface area contributed by atoms with Crippen LogP contribution in [0.2, 0.25) is 0 Å². The van der Waals surface area contributed by atoms with Gasteiger partial charge in [0.1, 0.15) is 0 Å². The lowest BCUT2D eigenvalue weighted by Gasteiger charge is -2.35. The highest BCUT2D eigenvalue weighted by molar-refractivity contribution is 5.92. The molecule has 2 aliphatic rings. The van der Waals surface area contributed by atoms with Crippen LogP contribution in [0, 0.1) is 5.92 Å². The Bertz CT molecular complexity index is 717. The van der Waals surface area contributed by atoms with Gasteiger partial charge in [-0.2, -0.15) is 0 Å². The monoisotopic (exact) mass is 386 g/mol. The van der Waals surface area contributed by atoms with Gasteiger partial charge in [0.25, 0.3) is 0 Å². The molecule has 0 aliphatic carbocycles. The van der Waals surface area contributed by atoms with Gasteiger partial charge in [-0.3, -0.25) is 9.59 Å². The standard InChI is InChI=1S/C22H30N2O4/c1-27-19-8-6-17(16-20(19)28-2)7-9-21(25)23-14-10-18(11-15-23)22(26)24-12-4-3-5-13-24/h6-9,16,18H,3-5,10-15H2,1-2H3/b9-7+. The maximum atomic E-state index is 12.6. The first-order valence-electron chi connectivity index (χ1n) is 10.1. The van der Waals surface area contributed by atoms with Crippen molar-refractivity contribution in [3.05, 3.63) is 29.8 Å².